The molecule has 1 aliphatic rings. The summed E-state index contributed by atoms with van der Waals surface area (Å²) < 4.78 is 0. The second kappa shape index (κ2) is 13.5. The number of hydrogen-bond donors (Lipinski definition) is 2. The van der Waals surface area contributed by atoms with Crippen LogP contribution in [0.15, 0.2) is 23.5 Å². The first-order valence-electron chi connectivity index (χ1n) is 9.54. The molecule has 2 rings (SSSR count). The van der Waals surface area contributed by atoms with E-state index in [9.17, 15) is 4.79 Å². The van der Waals surface area contributed by atoms with Crippen LogP contribution in [-0.4, -0.2) is 66.0 Å². The molecule has 3 N–H and O–H groups in total. The third kappa shape index (κ3) is 8.72. The number of unbranched alkanes of at least 4 members (excludes halogenated alkanes) is 3. The van der Waals surface area contributed by atoms with Crippen molar-refractivity contribution in [3.8, 4) is 0 Å². The lowest BCUT2D eigenvalue weighted by Crippen LogP contribution is -2.49. The second-order valence-electron chi connectivity index (χ2n) is 6.42. The first-order valence-corrected chi connectivity index (χ1v) is 9.54. The molecule has 1 aromatic heterocycles. The van der Waals surface area contributed by atoms with E-state index in [4.69, 9.17) is 5.73 Å². The lowest BCUT2D eigenvalue weighted by atomic mass is 10.2. The van der Waals surface area contributed by atoms with Crippen LogP contribution in [-0.2, 0) is 4.79 Å². The van der Waals surface area contributed by atoms with Gasteiger partial charge in [-0.1, -0.05) is 26.2 Å². The van der Waals surface area contributed by atoms with Crippen molar-refractivity contribution in [3.63, 3.8) is 0 Å². The highest BCUT2D eigenvalue weighted by atomic mass is 127. The minimum absolute atomic E-state index is 0. The molecule has 8 nitrogen and oxygen atoms in total. The van der Waals surface area contributed by atoms with Crippen molar-refractivity contribution in [2.45, 2.75) is 39.0 Å². The molecule has 1 fully saturated rings. The van der Waals surface area contributed by atoms with Gasteiger partial charge in [0.05, 0.1) is 0 Å². The predicted octanol–water partition coefficient (Wildman–Crippen LogP) is 1.62. The predicted molar refractivity (Wildman–Crippen MR) is 119 cm³/mol. The lowest BCUT2D eigenvalue weighted by molar-refractivity contribution is -0.131. The van der Waals surface area contributed by atoms with Gasteiger partial charge in [0.15, 0.2) is 5.96 Å². The molecule has 27 heavy (non-hydrogen) atoms. The highest BCUT2D eigenvalue weighted by Crippen LogP contribution is 2.10. The number of carbonyl (C=O) groups is 1. The van der Waals surface area contributed by atoms with Crippen LogP contribution in [0, 0.1) is 0 Å². The smallest absolute Gasteiger partial charge is 0.225 e. The van der Waals surface area contributed by atoms with Gasteiger partial charge in [-0.05, 0) is 12.5 Å². The van der Waals surface area contributed by atoms with Crippen molar-refractivity contribution in [1.29, 1.82) is 0 Å². The molecule has 0 spiro atoms. The van der Waals surface area contributed by atoms with Crippen LogP contribution in [0.4, 0.5) is 5.95 Å². The summed E-state index contributed by atoms with van der Waals surface area (Å²) in [6.07, 6.45) is 8.60. The highest BCUT2D eigenvalue weighted by Gasteiger charge is 2.21. The molecular formula is C18H32IN7O. The van der Waals surface area contributed by atoms with Gasteiger partial charge in [0.25, 0.3) is 0 Å². The van der Waals surface area contributed by atoms with Crippen LogP contribution >= 0.6 is 24.0 Å². The molecule has 1 amide bonds. The Morgan fingerprint density at radius 1 is 1.19 bits per heavy atom. The maximum absolute atomic E-state index is 12.3. The van der Waals surface area contributed by atoms with E-state index >= 15 is 0 Å². The third-order valence-corrected chi connectivity index (χ3v) is 4.41. The second-order valence-corrected chi connectivity index (χ2v) is 6.42. The minimum Gasteiger partial charge on any atom is -0.370 e. The SMILES string of the molecule is CCCCCCN=C(N)NCCC(=O)N1CCN(c2ncccn2)CC1.I. The Kier molecular flexibility index (Phi) is 11.7. The standard InChI is InChI=1S/C18H31N7O.HI/c1-2-3-4-5-8-20-17(19)21-11-7-16(26)24-12-14-25(15-13-24)18-22-9-6-10-23-18;/h6,9-10H,2-5,7-8,11-15H2,1H3,(H3,19,20,21);1H. The van der Waals surface area contributed by atoms with E-state index in [-0.39, 0.29) is 29.9 Å². The lowest BCUT2D eigenvalue weighted by Gasteiger charge is -2.34. The Morgan fingerprint density at radius 3 is 2.56 bits per heavy atom. The Hall–Kier alpha value is -1.65. The van der Waals surface area contributed by atoms with Crippen molar-refractivity contribution in [2.75, 3.05) is 44.2 Å². The minimum atomic E-state index is 0. The molecular weight excluding hydrogens is 457 g/mol. The molecule has 0 aliphatic carbocycles. The molecule has 2 heterocycles. The van der Waals surface area contributed by atoms with Gasteiger partial charge in [0.1, 0.15) is 0 Å². The number of nitrogens with two attached hydrogens (primary N) is 1. The van der Waals surface area contributed by atoms with E-state index in [1.54, 1.807) is 18.5 Å². The number of nitrogens with one attached hydrogen (secondary N) is 1. The van der Waals surface area contributed by atoms with E-state index in [0.717, 1.165) is 32.0 Å². The number of halogens is 1. The topological polar surface area (TPSA) is 99.7 Å². The van der Waals surface area contributed by atoms with Crippen molar-refractivity contribution in [3.05, 3.63) is 18.5 Å². The molecule has 0 atom stereocenters. The summed E-state index contributed by atoms with van der Waals surface area (Å²) in [6, 6.07) is 1.80. The van der Waals surface area contributed by atoms with Crippen molar-refractivity contribution < 1.29 is 4.79 Å². The number of rotatable bonds is 9. The fourth-order valence-corrected chi connectivity index (χ4v) is 2.86. The number of anilines is 1. The van der Waals surface area contributed by atoms with Gasteiger partial charge in [-0.15, -0.1) is 24.0 Å². The van der Waals surface area contributed by atoms with Gasteiger partial charge >= 0.3 is 0 Å². The number of hydrogen-bond acceptors (Lipinski definition) is 5. The molecule has 0 bridgehead atoms. The van der Waals surface area contributed by atoms with Crippen molar-refractivity contribution in [1.82, 2.24) is 20.2 Å². The fraction of sp³-hybridized carbons (Fsp3) is 0.667. The van der Waals surface area contributed by atoms with Crippen LogP contribution in [0.2, 0.25) is 0 Å². The van der Waals surface area contributed by atoms with Crippen molar-refractivity contribution >= 4 is 41.8 Å². The number of aliphatic imine (C=N–C) groups is 1. The quantitative estimate of drug-likeness (QED) is 0.237. The summed E-state index contributed by atoms with van der Waals surface area (Å²) in [5.74, 6) is 1.30. The molecule has 0 aromatic carbocycles. The molecule has 1 saturated heterocycles. The maximum atomic E-state index is 12.3. The summed E-state index contributed by atoms with van der Waals surface area (Å²) in [5.41, 5.74) is 5.83. The van der Waals surface area contributed by atoms with Crippen LogP contribution in [0.5, 0.6) is 0 Å². The molecule has 1 aliphatic heterocycles. The number of aromatic nitrogens is 2. The van der Waals surface area contributed by atoms with Crippen molar-refractivity contribution in [2.24, 2.45) is 10.7 Å². The van der Waals surface area contributed by atoms with Gasteiger partial charge in [-0.2, -0.15) is 0 Å². The zero-order valence-corrected chi connectivity index (χ0v) is 18.5. The summed E-state index contributed by atoms with van der Waals surface area (Å²) >= 11 is 0. The normalized spacial score (nSPS) is 14.6. The molecule has 152 valence electrons. The summed E-state index contributed by atoms with van der Waals surface area (Å²) in [6.45, 7) is 6.35. The summed E-state index contributed by atoms with van der Waals surface area (Å²) in [4.78, 5) is 29.1. The van der Waals surface area contributed by atoms with Crippen LogP contribution in [0.3, 0.4) is 0 Å². The van der Waals surface area contributed by atoms with Crippen LogP contribution in [0.25, 0.3) is 0 Å². The van der Waals surface area contributed by atoms with E-state index in [1.165, 1.54) is 19.3 Å². The molecule has 0 radical (unpaired) electrons. The van der Waals surface area contributed by atoms with Gasteiger partial charge in [-0.3, -0.25) is 9.79 Å². The number of guanidine groups is 1. The van der Waals surface area contributed by atoms with Gasteiger partial charge in [-0.25, -0.2) is 9.97 Å². The Morgan fingerprint density at radius 2 is 1.89 bits per heavy atom. The first-order chi connectivity index (χ1) is 12.7. The van der Waals surface area contributed by atoms with E-state index in [1.807, 2.05) is 4.90 Å². The number of nitrogens with zero attached hydrogens (tertiary/aromatic N) is 5. The Balaban J connectivity index is 0.00000364. The average molecular weight is 489 g/mol. The van der Waals surface area contributed by atoms with E-state index in [2.05, 4.69) is 32.1 Å². The van der Waals surface area contributed by atoms with Gasteiger partial charge < -0.3 is 20.9 Å². The highest BCUT2D eigenvalue weighted by molar-refractivity contribution is 14.0. The number of piperazine rings is 1. The zero-order valence-electron chi connectivity index (χ0n) is 16.1. The molecule has 0 unspecified atom stereocenters. The van der Waals surface area contributed by atoms with E-state index in [0.29, 0.717) is 32.0 Å². The zero-order chi connectivity index (χ0) is 18.6. The average Bonchev–Trinajstić information content (AvgIpc) is 2.68. The van der Waals surface area contributed by atoms with Crippen LogP contribution < -0.4 is 16.0 Å². The summed E-state index contributed by atoms with van der Waals surface area (Å²) in [5, 5.41) is 3.03. The van der Waals surface area contributed by atoms with Gasteiger partial charge in [0, 0.05) is 58.1 Å². The van der Waals surface area contributed by atoms with E-state index < -0.39 is 0 Å². The summed E-state index contributed by atoms with van der Waals surface area (Å²) in [7, 11) is 0. The molecule has 0 saturated carbocycles. The monoisotopic (exact) mass is 489 g/mol. The first kappa shape index (κ1) is 23.4. The maximum Gasteiger partial charge on any atom is 0.225 e. The third-order valence-electron chi connectivity index (χ3n) is 4.41. The molecule has 9 heteroatoms. The Labute approximate surface area is 179 Å². The van der Waals surface area contributed by atoms with Crippen LogP contribution in [0.1, 0.15) is 39.0 Å². The molecule has 1 aromatic rings. The largest absolute Gasteiger partial charge is 0.370 e. The van der Waals surface area contributed by atoms with Gasteiger partial charge in [0.2, 0.25) is 11.9 Å². The Bertz CT molecular complexity index is 562. The fourth-order valence-electron chi connectivity index (χ4n) is 2.86. The number of amides is 1. The number of carbonyl (C=O) groups excluding carboxylic acids is 1.